The van der Waals surface area contributed by atoms with Gasteiger partial charge in [0.05, 0.1) is 4.47 Å². The molecule has 0 heterocycles. The molecule has 1 N–H and O–H groups in total. The van der Waals surface area contributed by atoms with Crippen LogP contribution in [0.3, 0.4) is 0 Å². The van der Waals surface area contributed by atoms with Crippen LogP contribution in [0.15, 0.2) is 40.9 Å². The Morgan fingerprint density at radius 2 is 1.84 bits per heavy atom. The Morgan fingerprint density at radius 3 is 2.53 bits per heavy atom. The Balaban J connectivity index is 2.17. The zero-order valence-corrected chi connectivity index (χ0v) is 12.7. The molecule has 2 aromatic rings. The average molecular weight is 322 g/mol. The van der Waals surface area contributed by atoms with Crippen molar-refractivity contribution in [2.45, 2.75) is 26.8 Å². The van der Waals surface area contributed by atoms with E-state index in [4.69, 9.17) is 0 Å². The van der Waals surface area contributed by atoms with Gasteiger partial charge >= 0.3 is 0 Å². The quantitative estimate of drug-likeness (QED) is 0.828. The molecule has 0 saturated carbocycles. The van der Waals surface area contributed by atoms with Crippen molar-refractivity contribution in [2.24, 2.45) is 0 Å². The van der Waals surface area contributed by atoms with Gasteiger partial charge in [-0.2, -0.15) is 0 Å². The zero-order valence-electron chi connectivity index (χ0n) is 11.1. The van der Waals surface area contributed by atoms with Gasteiger partial charge in [-0.1, -0.05) is 31.2 Å². The van der Waals surface area contributed by atoms with Gasteiger partial charge in [-0.25, -0.2) is 4.39 Å². The molecule has 3 heteroatoms. The summed E-state index contributed by atoms with van der Waals surface area (Å²) in [6.07, 6.45) is 1.01. The molecule has 0 spiro atoms. The van der Waals surface area contributed by atoms with E-state index in [0.717, 1.165) is 17.7 Å². The van der Waals surface area contributed by atoms with Crippen LogP contribution in [0, 0.1) is 12.7 Å². The van der Waals surface area contributed by atoms with E-state index in [1.807, 2.05) is 19.1 Å². The van der Waals surface area contributed by atoms with Crippen LogP contribution in [0.2, 0.25) is 0 Å². The molecule has 0 aliphatic rings. The van der Waals surface area contributed by atoms with Crippen LogP contribution < -0.4 is 5.32 Å². The molecular weight excluding hydrogens is 305 g/mol. The fraction of sp³-hybridized carbons (Fsp3) is 0.250. The van der Waals surface area contributed by atoms with E-state index >= 15 is 0 Å². The summed E-state index contributed by atoms with van der Waals surface area (Å²) in [4.78, 5) is 0. The van der Waals surface area contributed by atoms with Crippen LogP contribution in [-0.2, 0) is 13.0 Å². The second kappa shape index (κ2) is 6.20. The summed E-state index contributed by atoms with van der Waals surface area (Å²) in [6.45, 7) is 4.83. The highest BCUT2D eigenvalue weighted by molar-refractivity contribution is 9.10. The Labute approximate surface area is 122 Å². The normalized spacial score (nSPS) is 10.5. The number of rotatable bonds is 4. The number of hydrogen-bond donors (Lipinski definition) is 1. The third kappa shape index (κ3) is 3.35. The van der Waals surface area contributed by atoms with Crippen molar-refractivity contribution in [2.75, 3.05) is 5.32 Å². The highest BCUT2D eigenvalue weighted by Crippen LogP contribution is 2.24. The van der Waals surface area contributed by atoms with Gasteiger partial charge in [-0.15, -0.1) is 0 Å². The van der Waals surface area contributed by atoms with Crippen LogP contribution in [0.1, 0.15) is 23.6 Å². The number of benzene rings is 2. The van der Waals surface area contributed by atoms with Crippen molar-refractivity contribution in [3.63, 3.8) is 0 Å². The predicted octanol–water partition coefficient (Wildman–Crippen LogP) is 5.07. The van der Waals surface area contributed by atoms with Crippen molar-refractivity contribution < 1.29 is 4.39 Å². The molecule has 0 aromatic heterocycles. The Bertz CT molecular complexity index is 581. The molecule has 0 aliphatic carbocycles. The number of halogens is 2. The highest BCUT2D eigenvalue weighted by Gasteiger charge is 2.06. The first-order chi connectivity index (χ1) is 9.11. The van der Waals surface area contributed by atoms with Gasteiger partial charge in [0.25, 0.3) is 0 Å². The standard InChI is InChI=1S/C16H17BrFN/c1-3-12-6-4-5-7-13(12)10-19-16-9-15(18)14(17)8-11(16)2/h4-9,19H,3,10H2,1-2H3. The summed E-state index contributed by atoms with van der Waals surface area (Å²) in [5.74, 6) is -0.239. The molecule has 1 nitrogen and oxygen atoms in total. The maximum Gasteiger partial charge on any atom is 0.139 e. The third-order valence-electron chi connectivity index (χ3n) is 3.24. The number of aryl methyl sites for hydroxylation is 2. The molecule has 0 radical (unpaired) electrons. The summed E-state index contributed by atoms with van der Waals surface area (Å²) >= 11 is 3.20. The second-order valence-electron chi connectivity index (χ2n) is 4.56. The van der Waals surface area contributed by atoms with Crippen molar-refractivity contribution >= 4 is 21.6 Å². The van der Waals surface area contributed by atoms with E-state index in [2.05, 4.69) is 40.3 Å². The minimum Gasteiger partial charge on any atom is -0.381 e. The minimum absolute atomic E-state index is 0.239. The lowest BCUT2D eigenvalue weighted by Crippen LogP contribution is -2.04. The lowest BCUT2D eigenvalue weighted by molar-refractivity contribution is 0.621. The van der Waals surface area contributed by atoms with E-state index in [-0.39, 0.29) is 5.82 Å². The molecule has 100 valence electrons. The SMILES string of the molecule is CCc1ccccc1CNc1cc(F)c(Br)cc1C. The predicted molar refractivity (Wildman–Crippen MR) is 82.0 cm³/mol. The van der Waals surface area contributed by atoms with Crippen molar-refractivity contribution in [1.82, 2.24) is 0 Å². The van der Waals surface area contributed by atoms with Gasteiger partial charge in [0.1, 0.15) is 5.82 Å². The molecule has 2 rings (SSSR count). The Kier molecular flexibility index (Phi) is 4.59. The maximum absolute atomic E-state index is 13.5. The van der Waals surface area contributed by atoms with Crippen molar-refractivity contribution in [3.05, 3.63) is 63.4 Å². The second-order valence-corrected chi connectivity index (χ2v) is 5.41. The van der Waals surface area contributed by atoms with Gasteiger partial charge in [0, 0.05) is 12.2 Å². The molecule has 0 amide bonds. The fourth-order valence-electron chi connectivity index (χ4n) is 2.10. The van der Waals surface area contributed by atoms with Crippen LogP contribution in [0.5, 0.6) is 0 Å². The third-order valence-corrected chi connectivity index (χ3v) is 3.84. The topological polar surface area (TPSA) is 12.0 Å². The summed E-state index contributed by atoms with van der Waals surface area (Å²) in [7, 11) is 0. The fourth-order valence-corrected chi connectivity index (χ4v) is 2.56. The molecule has 19 heavy (non-hydrogen) atoms. The first-order valence-corrected chi connectivity index (χ1v) is 7.17. The molecule has 0 fully saturated rings. The van der Waals surface area contributed by atoms with Crippen molar-refractivity contribution in [3.8, 4) is 0 Å². The molecule has 2 aromatic carbocycles. The molecular formula is C16H17BrFN. The molecule has 0 unspecified atom stereocenters. The molecule has 0 bridgehead atoms. The summed E-state index contributed by atoms with van der Waals surface area (Å²) in [6, 6.07) is 11.7. The van der Waals surface area contributed by atoms with E-state index in [1.54, 1.807) is 6.07 Å². The molecule has 0 atom stereocenters. The lowest BCUT2D eigenvalue weighted by atomic mass is 10.1. The van der Waals surface area contributed by atoms with Crippen LogP contribution in [-0.4, -0.2) is 0 Å². The van der Waals surface area contributed by atoms with Crippen LogP contribution in [0.4, 0.5) is 10.1 Å². The zero-order chi connectivity index (χ0) is 13.8. The monoisotopic (exact) mass is 321 g/mol. The van der Waals surface area contributed by atoms with Crippen LogP contribution in [0.25, 0.3) is 0 Å². The van der Waals surface area contributed by atoms with E-state index in [0.29, 0.717) is 11.0 Å². The van der Waals surface area contributed by atoms with E-state index in [9.17, 15) is 4.39 Å². The molecule has 0 aliphatic heterocycles. The molecule has 0 saturated heterocycles. The van der Waals surface area contributed by atoms with Gasteiger partial charge in [0.2, 0.25) is 0 Å². The number of nitrogens with one attached hydrogen (secondary N) is 1. The average Bonchev–Trinajstić information content (AvgIpc) is 2.41. The lowest BCUT2D eigenvalue weighted by Gasteiger charge is -2.13. The van der Waals surface area contributed by atoms with E-state index < -0.39 is 0 Å². The van der Waals surface area contributed by atoms with Crippen LogP contribution >= 0.6 is 15.9 Å². The van der Waals surface area contributed by atoms with Gasteiger partial charge in [0.15, 0.2) is 0 Å². The van der Waals surface area contributed by atoms with Crippen molar-refractivity contribution in [1.29, 1.82) is 0 Å². The van der Waals surface area contributed by atoms with Gasteiger partial charge < -0.3 is 5.32 Å². The number of hydrogen-bond acceptors (Lipinski definition) is 1. The Morgan fingerprint density at radius 1 is 1.16 bits per heavy atom. The largest absolute Gasteiger partial charge is 0.381 e. The van der Waals surface area contributed by atoms with Gasteiger partial charge in [-0.3, -0.25) is 0 Å². The first kappa shape index (κ1) is 14.1. The maximum atomic E-state index is 13.5. The Hall–Kier alpha value is -1.35. The highest BCUT2D eigenvalue weighted by atomic mass is 79.9. The number of anilines is 1. The summed E-state index contributed by atoms with van der Waals surface area (Å²) in [5.41, 5.74) is 4.45. The minimum atomic E-state index is -0.239. The smallest absolute Gasteiger partial charge is 0.139 e. The summed E-state index contributed by atoms with van der Waals surface area (Å²) < 4.78 is 14.0. The van der Waals surface area contributed by atoms with Gasteiger partial charge in [-0.05, 0) is 58.1 Å². The first-order valence-electron chi connectivity index (χ1n) is 6.38. The summed E-state index contributed by atoms with van der Waals surface area (Å²) in [5, 5.41) is 3.31. The van der Waals surface area contributed by atoms with E-state index in [1.165, 1.54) is 17.2 Å².